The minimum atomic E-state index is -1.11. The van der Waals surface area contributed by atoms with Crippen LogP contribution in [0.15, 0.2) is 12.5 Å². The zero-order chi connectivity index (χ0) is 22.3. The third-order valence-electron chi connectivity index (χ3n) is 4.94. The summed E-state index contributed by atoms with van der Waals surface area (Å²) in [6, 6.07) is -2.60. The van der Waals surface area contributed by atoms with Gasteiger partial charge in [0.05, 0.1) is 18.9 Å². The van der Waals surface area contributed by atoms with Crippen molar-refractivity contribution in [1.29, 1.82) is 0 Å². The van der Waals surface area contributed by atoms with Gasteiger partial charge in [-0.25, -0.2) is 9.78 Å². The Kier molecular flexibility index (Phi) is 8.34. The normalized spacial score (nSPS) is 18.1. The number of nitrogens with one attached hydrogen (secondary N) is 3. The summed E-state index contributed by atoms with van der Waals surface area (Å²) in [4.78, 5) is 56.8. The largest absolute Gasteiger partial charge is 0.480 e. The molecule has 30 heavy (non-hydrogen) atoms. The molecule has 3 unspecified atom stereocenters. The number of amides is 3. The molecular weight excluding hydrogens is 392 g/mol. The van der Waals surface area contributed by atoms with Gasteiger partial charge in [-0.05, 0) is 25.2 Å². The zero-order valence-electron chi connectivity index (χ0n) is 17.3. The van der Waals surface area contributed by atoms with Crippen molar-refractivity contribution in [3.8, 4) is 0 Å². The summed E-state index contributed by atoms with van der Waals surface area (Å²) < 4.78 is 0. The highest BCUT2D eigenvalue weighted by Crippen LogP contribution is 2.18. The van der Waals surface area contributed by atoms with Crippen LogP contribution >= 0.6 is 0 Å². The maximum atomic E-state index is 12.6. The summed E-state index contributed by atoms with van der Waals surface area (Å²) in [5.74, 6) is -2.40. The zero-order valence-corrected chi connectivity index (χ0v) is 17.3. The van der Waals surface area contributed by atoms with Crippen molar-refractivity contribution in [1.82, 2.24) is 25.5 Å². The van der Waals surface area contributed by atoms with Gasteiger partial charge in [0.1, 0.15) is 12.1 Å². The first-order chi connectivity index (χ1) is 14.2. The number of nitrogens with two attached hydrogens (primary N) is 1. The van der Waals surface area contributed by atoms with Crippen molar-refractivity contribution in [3.63, 3.8) is 0 Å². The molecule has 6 N–H and O–H groups in total. The molecule has 1 fully saturated rings. The minimum Gasteiger partial charge on any atom is -0.480 e. The van der Waals surface area contributed by atoms with E-state index in [1.54, 1.807) is 6.20 Å². The number of aliphatic carboxylic acids is 1. The van der Waals surface area contributed by atoms with Gasteiger partial charge in [0, 0.05) is 24.9 Å². The van der Waals surface area contributed by atoms with Crippen molar-refractivity contribution in [3.05, 3.63) is 18.2 Å². The Bertz CT molecular complexity index is 751. The number of carbonyl (C=O) groups is 4. The Morgan fingerprint density at radius 1 is 1.37 bits per heavy atom. The molecule has 1 aromatic heterocycles. The lowest BCUT2D eigenvalue weighted by Crippen LogP contribution is -2.53. The molecule has 0 bridgehead atoms. The van der Waals surface area contributed by atoms with E-state index >= 15 is 0 Å². The summed E-state index contributed by atoms with van der Waals surface area (Å²) in [6.45, 7) is 3.82. The number of aromatic nitrogens is 2. The molecular formula is C19H30N6O5. The number of rotatable bonds is 10. The first kappa shape index (κ1) is 23.3. The molecule has 0 spiro atoms. The number of carboxylic acids is 1. The monoisotopic (exact) mass is 422 g/mol. The van der Waals surface area contributed by atoms with E-state index < -0.39 is 41.8 Å². The van der Waals surface area contributed by atoms with Crippen molar-refractivity contribution < 1.29 is 24.3 Å². The van der Waals surface area contributed by atoms with E-state index in [-0.39, 0.29) is 18.9 Å². The van der Waals surface area contributed by atoms with Gasteiger partial charge in [0.15, 0.2) is 0 Å². The Labute approximate surface area is 174 Å². The van der Waals surface area contributed by atoms with E-state index in [4.69, 9.17) is 5.73 Å². The second-order valence-corrected chi connectivity index (χ2v) is 7.88. The Morgan fingerprint density at radius 3 is 2.70 bits per heavy atom. The maximum Gasteiger partial charge on any atom is 0.326 e. The van der Waals surface area contributed by atoms with Gasteiger partial charge < -0.3 is 31.4 Å². The van der Waals surface area contributed by atoms with Crippen molar-refractivity contribution in [2.75, 3.05) is 13.1 Å². The number of hydrogen-bond acceptors (Lipinski definition) is 6. The summed E-state index contributed by atoms with van der Waals surface area (Å²) >= 11 is 0. The predicted octanol–water partition coefficient (Wildman–Crippen LogP) is -0.998. The summed E-state index contributed by atoms with van der Waals surface area (Å²) in [5.41, 5.74) is 6.55. The average Bonchev–Trinajstić information content (AvgIpc) is 3.36. The van der Waals surface area contributed by atoms with Crippen molar-refractivity contribution in [2.45, 2.75) is 57.7 Å². The van der Waals surface area contributed by atoms with Gasteiger partial charge >= 0.3 is 5.97 Å². The Morgan fingerprint density at radius 2 is 2.10 bits per heavy atom. The smallest absolute Gasteiger partial charge is 0.326 e. The van der Waals surface area contributed by atoms with E-state index in [1.807, 2.05) is 13.8 Å². The van der Waals surface area contributed by atoms with Gasteiger partial charge in [0.2, 0.25) is 17.7 Å². The summed E-state index contributed by atoms with van der Waals surface area (Å²) in [5, 5.41) is 14.4. The van der Waals surface area contributed by atoms with Gasteiger partial charge in [0.25, 0.3) is 0 Å². The minimum absolute atomic E-state index is 0.0916. The molecule has 1 aliphatic rings. The standard InChI is InChI=1S/C19H30N6O5/c1-11(2)6-14(19(29)30)24-18(28)15-4-3-5-25(15)16(26)9-22-17(27)13(20)7-12-8-21-10-23-12/h8,10-11,13-15H,3-7,9,20H2,1-2H3,(H,21,23)(H,22,27)(H,24,28)(H,29,30). The van der Waals surface area contributed by atoms with Crippen LogP contribution in [-0.4, -0.2) is 74.9 Å². The first-order valence-electron chi connectivity index (χ1n) is 10.0. The lowest BCUT2D eigenvalue weighted by molar-refractivity contribution is -0.144. The summed E-state index contributed by atoms with van der Waals surface area (Å²) in [7, 11) is 0. The van der Waals surface area contributed by atoms with Crippen LogP contribution in [-0.2, 0) is 25.6 Å². The third-order valence-corrected chi connectivity index (χ3v) is 4.94. The molecule has 1 aliphatic heterocycles. The number of nitrogens with zero attached hydrogens (tertiary/aromatic N) is 2. The molecule has 166 valence electrons. The van der Waals surface area contributed by atoms with Crippen LogP contribution in [0.1, 0.15) is 38.8 Å². The number of carboxylic acid groups (broad SMARTS) is 1. The average molecular weight is 422 g/mol. The van der Waals surface area contributed by atoms with Crippen LogP contribution in [0.25, 0.3) is 0 Å². The van der Waals surface area contributed by atoms with E-state index in [0.29, 0.717) is 31.5 Å². The molecule has 2 rings (SSSR count). The number of likely N-dealkylation sites (tertiary alicyclic amines) is 1. The van der Waals surface area contributed by atoms with E-state index in [2.05, 4.69) is 20.6 Å². The van der Waals surface area contributed by atoms with Crippen LogP contribution in [0.2, 0.25) is 0 Å². The molecule has 0 saturated carbocycles. The molecule has 0 aliphatic carbocycles. The van der Waals surface area contributed by atoms with E-state index in [1.165, 1.54) is 11.2 Å². The van der Waals surface area contributed by atoms with Crippen LogP contribution in [0, 0.1) is 5.92 Å². The number of H-pyrrole nitrogens is 1. The quantitative estimate of drug-likeness (QED) is 0.322. The number of hydrogen-bond donors (Lipinski definition) is 5. The summed E-state index contributed by atoms with van der Waals surface area (Å²) in [6.07, 6.45) is 4.67. The molecule has 0 radical (unpaired) electrons. The molecule has 0 aromatic carbocycles. The van der Waals surface area contributed by atoms with Crippen molar-refractivity contribution >= 4 is 23.7 Å². The molecule has 11 nitrogen and oxygen atoms in total. The van der Waals surface area contributed by atoms with Gasteiger partial charge in [-0.15, -0.1) is 0 Å². The first-order valence-corrected chi connectivity index (χ1v) is 10.0. The molecule has 11 heteroatoms. The van der Waals surface area contributed by atoms with E-state index in [0.717, 1.165) is 0 Å². The SMILES string of the molecule is CC(C)CC(NC(=O)C1CCCN1C(=O)CNC(=O)C(N)Cc1cnc[nH]1)C(=O)O. The van der Waals surface area contributed by atoms with Gasteiger partial charge in [-0.3, -0.25) is 14.4 Å². The second-order valence-electron chi connectivity index (χ2n) is 7.88. The lowest BCUT2D eigenvalue weighted by atomic mass is 10.0. The third kappa shape index (κ3) is 6.55. The van der Waals surface area contributed by atoms with Crippen LogP contribution in [0.4, 0.5) is 0 Å². The number of carbonyl (C=O) groups excluding carboxylic acids is 3. The van der Waals surface area contributed by atoms with Crippen molar-refractivity contribution in [2.24, 2.45) is 11.7 Å². The predicted molar refractivity (Wildman–Crippen MR) is 107 cm³/mol. The fourth-order valence-corrected chi connectivity index (χ4v) is 3.42. The highest BCUT2D eigenvalue weighted by atomic mass is 16.4. The lowest BCUT2D eigenvalue weighted by Gasteiger charge is -2.26. The van der Waals surface area contributed by atoms with Gasteiger partial charge in [-0.2, -0.15) is 0 Å². The molecule has 3 amide bonds. The highest BCUT2D eigenvalue weighted by Gasteiger charge is 2.36. The Hall–Kier alpha value is -2.95. The molecule has 1 aromatic rings. The molecule has 3 atom stereocenters. The molecule has 2 heterocycles. The highest BCUT2D eigenvalue weighted by molar-refractivity contribution is 5.93. The Balaban J connectivity index is 1.87. The van der Waals surface area contributed by atoms with E-state index in [9.17, 15) is 24.3 Å². The number of aromatic amines is 1. The second kappa shape index (κ2) is 10.7. The van der Waals surface area contributed by atoms with Crippen LogP contribution in [0.5, 0.6) is 0 Å². The number of imidazole rings is 1. The van der Waals surface area contributed by atoms with Crippen LogP contribution in [0.3, 0.4) is 0 Å². The van der Waals surface area contributed by atoms with Crippen LogP contribution < -0.4 is 16.4 Å². The maximum absolute atomic E-state index is 12.6. The van der Waals surface area contributed by atoms with Gasteiger partial charge in [-0.1, -0.05) is 13.8 Å². The topological polar surface area (TPSA) is 171 Å². The molecule has 1 saturated heterocycles. The fourth-order valence-electron chi connectivity index (χ4n) is 3.42. The fraction of sp³-hybridized carbons (Fsp3) is 0.632.